The van der Waals surface area contributed by atoms with E-state index in [4.69, 9.17) is 0 Å². The summed E-state index contributed by atoms with van der Waals surface area (Å²) in [5, 5.41) is 3.44. The summed E-state index contributed by atoms with van der Waals surface area (Å²) >= 11 is 0. The van der Waals surface area contributed by atoms with Crippen molar-refractivity contribution in [1.82, 2.24) is 15.1 Å². The fourth-order valence-corrected chi connectivity index (χ4v) is 4.50. The number of amides is 1. The van der Waals surface area contributed by atoms with Gasteiger partial charge in [0, 0.05) is 44.7 Å². The molecule has 0 aromatic carbocycles. The molecule has 22 heavy (non-hydrogen) atoms. The summed E-state index contributed by atoms with van der Waals surface area (Å²) in [5.74, 6) is 1.60. The molecule has 0 aromatic rings. The SMILES string of the molecule is C[C@H]1C[C@@H](C(=O)N2CCN(CC3CCCCC3)CC2)CCN1. The summed E-state index contributed by atoms with van der Waals surface area (Å²) in [6.45, 7) is 8.53. The Bertz CT molecular complexity index is 359. The van der Waals surface area contributed by atoms with Crippen LogP contribution in [0.1, 0.15) is 51.9 Å². The maximum atomic E-state index is 12.7. The largest absolute Gasteiger partial charge is 0.340 e. The number of piperazine rings is 1. The molecule has 2 atom stereocenters. The predicted molar refractivity (Wildman–Crippen MR) is 89.8 cm³/mol. The molecule has 2 saturated heterocycles. The fraction of sp³-hybridized carbons (Fsp3) is 0.944. The van der Waals surface area contributed by atoms with Crippen molar-refractivity contribution in [3.63, 3.8) is 0 Å². The molecule has 3 fully saturated rings. The van der Waals surface area contributed by atoms with Crippen molar-refractivity contribution in [2.24, 2.45) is 11.8 Å². The zero-order chi connectivity index (χ0) is 15.4. The number of nitrogens with one attached hydrogen (secondary N) is 1. The first-order chi connectivity index (χ1) is 10.7. The standard InChI is InChI=1S/C18H33N3O/c1-15-13-17(7-8-19-15)18(22)21-11-9-20(10-12-21)14-16-5-3-2-4-6-16/h15-17,19H,2-14H2,1H3/t15-,17-/m0/s1. The smallest absolute Gasteiger partial charge is 0.225 e. The molecule has 126 valence electrons. The summed E-state index contributed by atoms with van der Waals surface area (Å²) < 4.78 is 0. The van der Waals surface area contributed by atoms with Gasteiger partial charge in [-0.25, -0.2) is 0 Å². The Morgan fingerprint density at radius 1 is 1.05 bits per heavy atom. The third-order valence-corrected chi connectivity index (χ3v) is 5.90. The topological polar surface area (TPSA) is 35.6 Å². The minimum Gasteiger partial charge on any atom is -0.340 e. The van der Waals surface area contributed by atoms with Crippen LogP contribution in [-0.2, 0) is 4.79 Å². The van der Waals surface area contributed by atoms with Crippen LogP contribution in [-0.4, -0.2) is 61.0 Å². The van der Waals surface area contributed by atoms with Gasteiger partial charge < -0.3 is 10.2 Å². The first-order valence-corrected chi connectivity index (χ1v) is 9.47. The van der Waals surface area contributed by atoms with Gasteiger partial charge in [-0.1, -0.05) is 19.3 Å². The molecule has 1 aliphatic carbocycles. The van der Waals surface area contributed by atoms with Gasteiger partial charge >= 0.3 is 0 Å². The van der Waals surface area contributed by atoms with Gasteiger partial charge in [-0.3, -0.25) is 9.69 Å². The van der Waals surface area contributed by atoms with Crippen molar-refractivity contribution in [2.45, 2.75) is 57.9 Å². The van der Waals surface area contributed by atoms with Gasteiger partial charge in [-0.2, -0.15) is 0 Å². The number of nitrogens with zero attached hydrogens (tertiary/aromatic N) is 2. The van der Waals surface area contributed by atoms with Crippen molar-refractivity contribution < 1.29 is 4.79 Å². The second-order valence-corrected chi connectivity index (χ2v) is 7.71. The Morgan fingerprint density at radius 2 is 1.77 bits per heavy atom. The lowest BCUT2D eigenvalue weighted by molar-refractivity contribution is -0.138. The molecule has 2 aliphatic heterocycles. The highest BCUT2D eigenvalue weighted by atomic mass is 16.2. The summed E-state index contributed by atoms with van der Waals surface area (Å²) in [7, 11) is 0. The molecule has 3 aliphatic rings. The molecule has 1 saturated carbocycles. The van der Waals surface area contributed by atoms with Crippen LogP contribution in [0.5, 0.6) is 0 Å². The number of carbonyl (C=O) groups is 1. The molecule has 0 radical (unpaired) electrons. The Morgan fingerprint density at radius 3 is 2.45 bits per heavy atom. The molecular weight excluding hydrogens is 274 g/mol. The van der Waals surface area contributed by atoms with E-state index in [0.717, 1.165) is 51.5 Å². The number of hydrogen-bond donors (Lipinski definition) is 1. The quantitative estimate of drug-likeness (QED) is 0.867. The molecule has 4 heteroatoms. The van der Waals surface area contributed by atoms with E-state index >= 15 is 0 Å². The van der Waals surface area contributed by atoms with Crippen LogP contribution in [0, 0.1) is 11.8 Å². The molecule has 0 aromatic heterocycles. The number of rotatable bonds is 3. The first kappa shape index (κ1) is 16.3. The van der Waals surface area contributed by atoms with Crippen molar-refractivity contribution in [3.05, 3.63) is 0 Å². The molecule has 1 N–H and O–H groups in total. The lowest BCUT2D eigenvalue weighted by Crippen LogP contribution is -2.52. The number of carbonyl (C=O) groups excluding carboxylic acids is 1. The van der Waals surface area contributed by atoms with Gasteiger partial charge in [-0.15, -0.1) is 0 Å². The maximum absolute atomic E-state index is 12.7. The summed E-state index contributed by atoms with van der Waals surface area (Å²) in [6.07, 6.45) is 9.17. The normalized spacial score (nSPS) is 32.1. The molecule has 0 bridgehead atoms. The zero-order valence-electron chi connectivity index (χ0n) is 14.2. The zero-order valence-corrected chi connectivity index (χ0v) is 14.2. The summed E-state index contributed by atoms with van der Waals surface area (Å²) in [5.41, 5.74) is 0. The molecule has 3 rings (SSSR count). The van der Waals surface area contributed by atoms with E-state index in [1.165, 1.54) is 38.6 Å². The summed E-state index contributed by atoms with van der Waals surface area (Å²) in [6, 6.07) is 0.496. The minimum atomic E-state index is 0.265. The predicted octanol–water partition coefficient (Wildman–Crippen LogP) is 2.10. The highest BCUT2D eigenvalue weighted by Crippen LogP contribution is 2.25. The van der Waals surface area contributed by atoms with Crippen LogP contribution in [0.2, 0.25) is 0 Å². The molecule has 2 heterocycles. The van der Waals surface area contributed by atoms with Crippen molar-refractivity contribution in [1.29, 1.82) is 0 Å². The number of hydrogen-bond acceptors (Lipinski definition) is 3. The number of piperidine rings is 1. The third-order valence-electron chi connectivity index (χ3n) is 5.90. The van der Waals surface area contributed by atoms with Gasteiger partial charge in [0.2, 0.25) is 5.91 Å². The highest BCUT2D eigenvalue weighted by Gasteiger charge is 2.30. The second kappa shape index (κ2) is 7.78. The van der Waals surface area contributed by atoms with Crippen LogP contribution in [0.4, 0.5) is 0 Å². The van der Waals surface area contributed by atoms with Crippen molar-refractivity contribution in [3.8, 4) is 0 Å². The molecular formula is C18H33N3O. The first-order valence-electron chi connectivity index (χ1n) is 9.47. The average molecular weight is 307 g/mol. The van der Waals surface area contributed by atoms with Gasteiger partial charge in [-0.05, 0) is 45.1 Å². The second-order valence-electron chi connectivity index (χ2n) is 7.71. The van der Waals surface area contributed by atoms with E-state index in [9.17, 15) is 4.79 Å². The molecule has 4 nitrogen and oxygen atoms in total. The van der Waals surface area contributed by atoms with Crippen molar-refractivity contribution >= 4 is 5.91 Å². The Labute approximate surface area is 135 Å². The Hall–Kier alpha value is -0.610. The van der Waals surface area contributed by atoms with Crippen LogP contribution < -0.4 is 5.32 Å². The van der Waals surface area contributed by atoms with Gasteiger partial charge in [0.1, 0.15) is 0 Å². The average Bonchev–Trinajstić information content (AvgIpc) is 2.56. The minimum absolute atomic E-state index is 0.265. The van der Waals surface area contributed by atoms with Crippen LogP contribution in [0.25, 0.3) is 0 Å². The lowest BCUT2D eigenvalue weighted by Gasteiger charge is -2.39. The van der Waals surface area contributed by atoms with Crippen LogP contribution in [0.15, 0.2) is 0 Å². The molecule has 1 amide bonds. The highest BCUT2D eigenvalue weighted by molar-refractivity contribution is 5.79. The monoisotopic (exact) mass is 307 g/mol. The Kier molecular flexibility index (Phi) is 5.75. The summed E-state index contributed by atoms with van der Waals surface area (Å²) in [4.78, 5) is 17.4. The molecule has 0 unspecified atom stereocenters. The van der Waals surface area contributed by atoms with E-state index in [1.807, 2.05) is 0 Å². The van der Waals surface area contributed by atoms with E-state index in [0.29, 0.717) is 11.9 Å². The van der Waals surface area contributed by atoms with E-state index in [2.05, 4.69) is 22.0 Å². The van der Waals surface area contributed by atoms with Gasteiger partial charge in [0.05, 0.1) is 0 Å². The van der Waals surface area contributed by atoms with E-state index in [1.54, 1.807) is 0 Å². The Balaban J connectivity index is 1.41. The lowest BCUT2D eigenvalue weighted by atomic mass is 9.88. The molecule has 0 spiro atoms. The third kappa shape index (κ3) is 4.23. The maximum Gasteiger partial charge on any atom is 0.225 e. The van der Waals surface area contributed by atoms with Crippen molar-refractivity contribution in [2.75, 3.05) is 39.3 Å². The van der Waals surface area contributed by atoms with Gasteiger partial charge in [0.25, 0.3) is 0 Å². The van der Waals surface area contributed by atoms with Gasteiger partial charge in [0.15, 0.2) is 0 Å². The van der Waals surface area contributed by atoms with Crippen LogP contribution >= 0.6 is 0 Å². The van der Waals surface area contributed by atoms with E-state index < -0.39 is 0 Å². The van der Waals surface area contributed by atoms with E-state index in [-0.39, 0.29) is 5.92 Å². The van der Waals surface area contributed by atoms with Crippen LogP contribution in [0.3, 0.4) is 0 Å². The fourth-order valence-electron chi connectivity index (χ4n) is 4.50.